The van der Waals surface area contributed by atoms with Crippen LogP contribution in [0.1, 0.15) is 11.5 Å². The molecule has 0 unspecified atom stereocenters. The summed E-state index contributed by atoms with van der Waals surface area (Å²) in [6, 6.07) is 12.8. The molecule has 0 amide bonds. The number of nitrogens with zero attached hydrogens (tertiary/aromatic N) is 2. The molecule has 0 spiro atoms. The lowest BCUT2D eigenvalue weighted by Gasteiger charge is -2.12. The van der Waals surface area contributed by atoms with Crippen LogP contribution in [-0.2, 0) is 10.0 Å². The molecule has 0 saturated heterocycles. The molecule has 0 fully saturated rings. The van der Waals surface area contributed by atoms with E-state index in [1.165, 1.54) is 42.6 Å². The maximum absolute atomic E-state index is 12.8. The molecule has 0 bridgehead atoms. The molecule has 2 aromatic carbocycles. The average molecular weight is 435 g/mol. The second-order valence-electron chi connectivity index (χ2n) is 5.87. The number of benzene rings is 2. The standard InChI is InChI=1S/C18H15ClN4O5S/c1-12-2-8-16(28-12)11-20-21-17-9-7-15(23(24)25)10-18(17)29(26,27)22-14-5-3-13(19)4-6-14/h2-11,21-22H,1H3/b20-11-. The summed E-state index contributed by atoms with van der Waals surface area (Å²) in [6.07, 6.45) is 1.36. The van der Waals surface area contributed by atoms with Gasteiger partial charge in [-0.25, -0.2) is 8.42 Å². The van der Waals surface area contributed by atoms with Crippen LogP contribution in [0.25, 0.3) is 0 Å². The van der Waals surface area contributed by atoms with Crippen LogP contribution >= 0.6 is 11.6 Å². The fourth-order valence-electron chi connectivity index (χ4n) is 2.36. The van der Waals surface area contributed by atoms with Crippen molar-refractivity contribution in [2.45, 2.75) is 11.8 Å². The van der Waals surface area contributed by atoms with Crippen LogP contribution in [0.15, 0.2) is 69.0 Å². The van der Waals surface area contributed by atoms with Crippen molar-refractivity contribution in [2.75, 3.05) is 10.1 Å². The fourth-order valence-corrected chi connectivity index (χ4v) is 3.72. The Kier molecular flexibility index (Phi) is 5.85. The lowest BCUT2D eigenvalue weighted by Crippen LogP contribution is -2.15. The Morgan fingerprint density at radius 1 is 1.14 bits per heavy atom. The van der Waals surface area contributed by atoms with Gasteiger partial charge in [-0.2, -0.15) is 5.10 Å². The number of sulfonamides is 1. The number of nitro groups is 1. The van der Waals surface area contributed by atoms with Gasteiger partial charge in [0, 0.05) is 22.8 Å². The predicted octanol–water partition coefficient (Wildman–Crippen LogP) is 4.40. The first-order valence-electron chi connectivity index (χ1n) is 8.17. The van der Waals surface area contributed by atoms with E-state index in [0.717, 1.165) is 6.07 Å². The molecular weight excluding hydrogens is 420 g/mol. The second-order valence-corrected chi connectivity index (χ2v) is 7.96. The molecule has 0 aliphatic heterocycles. The number of nitrogens with one attached hydrogen (secondary N) is 2. The molecule has 3 rings (SSSR count). The molecule has 1 heterocycles. The van der Waals surface area contributed by atoms with Crippen molar-refractivity contribution in [3.05, 3.63) is 81.3 Å². The highest BCUT2D eigenvalue weighted by atomic mass is 35.5. The third-order valence-electron chi connectivity index (χ3n) is 3.70. The highest BCUT2D eigenvalue weighted by Gasteiger charge is 2.22. The van der Waals surface area contributed by atoms with Gasteiger partial charge in [0.05, 0.1) is 16.8 Å². The lowest BCUT2D eigenvalue weighted by atomic mass is 10.3. The minimum atomic E-state index is -4.16. The van der Waals surface area contributed by atoms with Crippen molar-refractivity contribution >= 4 is 44.9 Å². The van der Waals surface area contributed by atoms with Crippen LogP contribution in [0.2, 0.25) is 5.02 Å². The molecule has 150 valence electrons. The monoisotopic (exact) mass is 434 g/mol. The summed E-state index contributed by atoms with van der Waals surface area (Å²) in [6.45, 7) is 1.77. The Morgan fingerprint density at radius 3 is 2.48 bits per heavy atom. The zero-order chi connectivity index (χ0) is 21.0. The highest BCUT2D eigenvalue weighted by Crippen LogP contribution is 2.28. The molecule has 0 saturated carbocycles. The van der Waals surface area contributed by atoms with E-state index < -0.39 is 14.9 Å². The molecule has 3 aromatic rings. The third kappa shape index (κ3) is 5.12. The van der Waals surface area contributed by atoms with Gasteiger partial charge in [-0.1, -0.05) is 11.6 Å². The zero-order valence-electron chi connectivity index (χ0n) is 15.0. The van der Waals surface area contributed by atoms with Crippen LogP contribution in [-0.4, -0.2) is 19.6 Å². The molecule has 0 radical (unpaired) electrons. The van der Waals surface area contributed by atoms with Crippen LogP contribution in [0.5, 0.6) is 0 Å². The minimum absolute atomic E-state index is 0.0524. The number of aryl methyl sites for hydroxylation is 1. The smallest absolute Gasteiger partial charge is 0.270 e. The number of halogens is 1. The quantitative estimate of drug-likeness (QED) is 0.322. The third-order valence-corrected chi connectivity index (χ3v) is 5.37. The van der Waals surface area contributed by atoms with E-state index in [2.05, 4.69) is 15.2 Å². The van der Waals surface area contributed by atoms with E-state index in [4.69, 9.17) is 16.0 Å². The van der Waals surface area contributed by atoms with Crippen molar-refractivity contribution in [2.24, 2.45) is 5.10 Å². The van der Waals surface area contributed by atoms with Gasteiger partial charge in [0.15, 0.2) is 0 Å². The number of rotatable bonds is 7. The first-order valence-corrected chi connectivity index (χ1v) is 10.0. The largest absolute Gasteiger partial charge is 0.460 e. The van der Waals surface area contributed by atoms with Crippen LogP contribution in [0, 0.1) is 17.0 Å². The Balaban J connectivity index is 1.93. The normalized spacial score (nSPS) is 11.5. The van der Waals surface area contributed by atoms with Gasteiger partial charge in [-0.05, 0) is 49.4 Å². The van der Waals surface area contributed by atoms with Crippen molar-refractivity contribution in [1.29, 1.82) is 0 Å². The van der Waals surface area contributed by atoms with Gasteiger partial charge in [0.1, 0.15) is 16.4 Å². The van der Waals surface area contributed by atoms with Gasteiger partial charge >= 0.3 is 0 Å². The molecule has 29 heavy (non-hydrogen) atoms. The predicted molar refractivity (Wildman–Crippen MR) is 110 cm³/mol. The van der Waals surface area contributed by atoms with E-state index in [1.54, 1.807) is 19.1 Å². The van der Waals surface area contributed by atoms with Crippen LogP contribution in [0.3, 0.4) is 0 Å². The van der Waals surface area contributed by atoms with E-state index in [0.29, 0.717) is 16.5 Å². The van der Waals surface area contributed by atoms with E-state index in [9.17, 15) is 18.5 Å². The molecule has 0 aliphatic rings. The lowest BCUT2D eigenvalue weighted by molar-refractivity contribution is -0.385. The second kappa shape index (κ2) is 8.33. The number of anilines is 2. The molecule has 11 heteroatoms. The van der Waals surface area contributed by atoms with E-state index in [-0.39, 0.29) is 22.0 Å². The molecular formula is C18H15ClN4O5S. The maximum atomic E-state index is 12.8. The summed E-state index contributed by atoms with van der Waals surface area (Å²) in [5, 5.41) is 15.5. The highest BCUT2D eigenvalue weighted by molar-refractivity contribution is 7.92. The van der Waals surface area contributed by atoms with Crippen molar-refractivity contribution in [3.63, 3.8) is 0 Å². The van der Waals surface area contributed by atoms with Gasteiger partial charge in [0.2, 0.25) is 0 Å². The van der Waals surface area contributed by atoms with E-state index >= 15 is 0 Å². The summed E-state index contributed by atoms with van der Waals surface area (Å²) < 4.78 is 33.4. The van der Waals surface area contributed by atoms with Crippen LogP contribution in [0.4, 0.5) is 17.1 Å². The van der Waals surface area contributed by atoms with Crippen molar-refractivity contribution in [1.82, 2.24) is 0 Å². The first-order chi connectivity index (χ1) is 13.7. The van der Waals surface area contributed by atoms with E-state index in [1.807, 2.05) is 0 Å². The van der Waals surface area contributed by atoms with Crippen LogP contribution < -0.4 is 10.1 Å². The fraction of sp³-hybridized carbons (Fsp3) is 0.0556. The Labute approximate surface area is 171 Å². The topological polar surface area (TPSA) is 127 Å². The number of hydrogen-bond acceptors (Lipinski definition) is 7. The number of nitro benzene ring substituents is 1. The number of non-ortho nitro benzene ring substituents is 1. The summed E-state index contributed by atoms with van der Waals surface area (Å²) in [5.41, 5.74) is 2.51. The molecule has 2 N–H and O–H groups in total. The van der Waals surface area contributed by atoms with Gasteiger partial charge in [-0.3, -0.25) is 20.3 Å². The Morgan fingerprint density at radius 2 is 1.86 bits per heavy atom. The average Bonchev–Trinajstić information content (AvgIpc) is 3.08. The zero-order valence-corrected chi connectivity index (χ0v) is 16.6. The summed E-state index contributed by atoms with van der Waals surface area (Å²) in [5.74, 6) is 1.15. The number of furan rings is 1. The summed E-state index contributed by atoms with van der Waals surface area (Å²) >= 11 is 5.80. The maximum Gasteiger partial charge on any atom is 0.270 e. The first kappa shape index (κ1) is 20.4. The Hall–Kier alpha value is -3.37. The van der Waals surface area contributed by atoms with Gasteiger partial charge < -0.3 is 4.42 Å². The molecule has 9 nitrogen and oxygen atoms in total. The van der Waals surface area contributed by atoms with Crippen molar-refractivity contribution in [3.8, 4) is 0 Å². The van der Waals surface area contributed by atoms with Gasteiger partial charge in [0.25, 0.3) is 15.7 Å². The Bertz CT molecular complexity index is 1170. The number of hydrazone groups is 1. The molecule has 0 aliphatic carbocycles. The molecule has 0 atom stereocenters. The summed E-state index contributed by atoms with van der Waals surface area (Å²) in [4.78, 5) is 10.1. The number of hydrogen-bond donors (Lipinski definition) is 2. The SMILES string of the molecule is Cc1ccc(/C=N\Nc2ccc([N+](=O)[O-])cc2S(=O)(=O)Nc2ccc(Cl)cc2)o1. The minimum Gasteiger partial charge on any atom is -0.460 e. The summed E-state index contributed by atoms with van der Waals surface area (Å²) in [7, 11) is -4.16. The van der Waals surface area contributed by atoms with Gasteiger partial charge in [-0.15, -0.1) is 0 Å². The molecule has 1 aromatic heterocycles. The van der Waals surface area contributed by atoms with Crippen molar-refractivity contribution < 1.29 is 17.8 Å².